The summed E-state index contributed by atoms with van der Waals surface area (Å²) >= 11 is 0. The number of nitrogens with zero attached hydrogens (tertiary/aromatic N) is 4. The molecule has 9 nitrogen and oxygen atoms in total. The summed E-state index contributed by atoms with van der Waals surface area (Å²) in [6.07, 6.45) is 7.64. The highest BCUT2D eigenvalue weighted by Gasteiger charge is 2.23. The number of carbonyl (C=O) groups excluding carboxylic acids is 1. The summed E-state index contributed by atoms with van der Waals surface area (Å²) < 4.78 is 7.13. The molecule has 1 amide bonds. The van der Waals surface area contributed by atoms with Gasteiger partial charge in [-0.25, -0.2) is 0 Å². The van der Waals surface area contributed by atoms with E-state index in [-0.39, 0.29) is 17.7 Å². The quantitative estimate of drug-likeness (QED) is 0.631. The molecule has 0 unspecified atom stereocenters. The Labute approximate surface area is 146 Å². The molecule has 0 saturated heterocycles. The van der Waals surface area contributed by atoms with Crippen LogP contribution in [0.15, 0.2) is 6.20 Å². The van der Waals surface area contributed by atoms with E-state index in [1.54, 1.807) is 4.57 Å². The van der Waals surface area contributed by atoms with E-state index >= 15 is 0 Å². The number of nitro groups is 1. The van der Waals surface area contributed by atoms with Gasteiger partial charge in [-0.05, 0) is 23.7 Å². The lowest BCUT2D eigenvalue weighted by atomic mass is 9.89. The third-order valence-corrected chi connectivity index (χ3v) is 4.89. The molecule has 1 aliphatic carbocycles. The van der Waals surface area contributed by atoms with Crippen LogP contribution in [0.1, 0.15) is 32.1 Å². The average molecular weight is 351 g/mol. The summed E-state index contributed by atoms with van der Waals surface area (Å²) in [5.41, 5.74) is 0. The van der Waals surface area contributed by atoms with Gasteiger partial charge in [0.25, 0.3) is 0 Å². The zero-order chi connectivity index (χ0) is 17.6. The van der Waals surface area contributed by atoms with Crippen molar-refractivity contribution >= 4 is 11.7 Å². The molecule has 1 aromatic rings. The van der Waals surface area contributed by atoms with Crippen LogP contribution in [-0.2, 0) is 11.3 Å². The second-order valence-corrected chi connectivity index (χ2v) is 6.76. The molecule has 2 heterocycles. The van der Waals surface area contributed by atoms with Crippen LogP contribution in [0.3, 0.4) is 0 Å². The lowest BCUT2D eigenvalue weighted by Gasteiger charge is -2.25. The predicted molar refractivity (Wildman–Crippen MR) is 90.4 cm³/mol. The first-order valence-electron chi connectivity index (χ1n) is 8.95. The first kappa shape index (κ1) is 17.7. The maximum Gasteiger partial charge on any atom is 0.414 e. The average Bonchev–Trinajstić information content (AvgIpc) is 2.99. The summed E-state index contributed by atoms with van der Waals surface area (Å²) in [4.78, 5) is 28.3. The SMILES string of the molecule is O=C(CN1CCOc2nc([N+](=O)[O-])cn2CC1)NCC1CCCCC1. The number of ether oxygens (including phenoxy) is 1. The minimum Gasteiger partial charge on any atom is -0.444 e. The summed E-state index contributed by atoms with van der Waals surface area (Å²) in [6, 6.07) is 0.271. The zero-order valence-electron chi connectivity index (χ0n) is 14.4. The highest BCUT2D eigenvalue weighted by Crippen LogP contribution is 2.22. The lowest BCUT2D eigenvalue weighted by Crippen LogP contribution is -2.42. The van der Waals surface area contributed by atoms with Crippen LogP contribution in [0.2, 0.25) is 0 Å². The topological polar surface area (TPSA) is 103 Å². The number of hydrogen-bond donors (Lipinski definition) is 1. The van der Waals surface area contributed by atoms with Crippen molar-refractivity contribution < 1.29 is 14.5 Å². The van der Waals surface area contributed by atoms with Gasteiger partial charge in [-0.3, -0.25) is 14.3 Å². The second-order valence-electron chi connectivity index (χ2n) is 6.76. The van der Waals surface area contributed by atoms with E-state index in [4.69, 9.17) is 4.74 Å². The van der Waals surface area contributed by atoms with Gasteiger partial charge in [0.1, 0.15) is 12.8 Å². The number of nitrogens with one attached hydrogen (secondary N) is 1. The Morgan fingerprint density at radius 2 is 2.12 bits per heavy atom. The van der Waals surface area contributed by atoms with Crippen LogP contribution in [0.5, 0.6) is 6.01 Å². The molecular formula is C16H25N5O4. The van der Waals surface area contributed by atoms with Gasteiger partial charge in [0.2, 0.25) is 5.91 Å². The summed E-state index contributed by atoms with van der Waals surface area (Å²) in [6.45, 7) is 3.16. The summed E-state index contributed by atoms with van der Waals surface area (Å²) in [7, 11) is 0. The van der Waals surface area contributed by atoms with Crippen molar-refractivity contribution in [1.82, 2.24) is 19.8 Å². The fourth-order valence-corrected chi connectivity index (χ4v) is 3.44. The van der Waals surface area contributed by atoms with E-state index in [1.807, 2.05) is 4.90 Å². The van der Waals surface area contributed by atoms with Crippen molar-refractivity contribution in [2.24, 2.45) is 5.92 Å². The van der Waals surface area contributed by atoms with E-state index in [0.29, 0.717) is 38.7 Å². The van der Waals surface area contributed by atoms with Gasteiger partial charge in [-0.1, -0.05) is 19.3 Å². The Balaban J connectivity index is 1.47. The number of imidazole rings is 1. The second kappa shape index (κ2) is 8.28. The lowest BCUT2D eigenvalue weighted by molar-refractivity contribution is -0.389. The maximum atomic E-state index is 12.2. The molecule has 0 radical (unpaired) electrons. The van der Waals surface area contributed by atoms with E-state index in [0.717, 1.165) is 6.54 Å². The number of fused-ring (bicyclic) bond motifs is 1. The van der Waals surface area contributed by atoms with E-state index in [2.05, 4.69) is 10.3 Å². The van der Waals surface area contributed by atoms with Gasteiger partial charge in [0.15, 0.2) is 0 Å². The molecular weight excluding hydrogens is 326 g/mol. The third kappa shape index (κ3) is 4.91. The molecule has 25 heavy (non-hydrogen) atoms. The van der Waals surface area contributed by atoms with Crippen molar-refractivity contribution in [3.05, 3.63) is 16.3 Å². The van der Waals surface area contributed by atoms with E-state index in [1.165, 1.54) is 38.3 Å². The third-order valence-electron chi connectivity index (χ3n) is 4.89. The molecule has 138 valence electrons. The normalized spacial score (nSPS) is 19.4. The fraction of sp³-hybridized carbons (Fsp3) is 0.750. The fourth-order valence-electron chi connectivity index (χ4n) is 3.44. The van der Waals surface area contributed by atoms with Crippen LogP contribution < -0.4 is 10.1 Å². The van der Waals surface area contributed by atoms with E-state index in [9.17, 15) is 14.9 Å². The predicted octanol–water partition coefficient (Wildman–Crippen LogP) is 1.18. The molecule has 1 aromatic heterocycles. The van der Waals surface area contributed by atoms with Crippen LogP contribution in [0, 0.1) is 16.0 Å². The Morgan fingerprint density at radius 1 is 1.32 bits per heavy atom. The van der Waals surface area contributed by atoms with Crippen molar-refractivity contribution in [1.29, 1.82) is 0 Å². The van der Waals surface area contributed by atoms with Crippen molar-refractivity contribution in [2.75, 3.05) is 32.8 Å². The zero-order valence-corrected chi connectivity index (χ0v) is 14.4. The van der Waals surface area contributed by atoms with Crippen LogP contribution in [-0.4, -0.2) is 58.1 Å². The highest BCUT2D eigenvalue weighted by molar-refractivity contribution is 5.78. The summed E-state index contributed by atoms with van der Waals surface area (Å²) in [5.74, 6) is 0.430. The van der Waals surface area contributed by atoms with Gasteiger partial charge in [-0.15, -0.1) is 0 Å². The minimum absolute atomic E-state index is 0.0305. The van der Waals surface area contributed by atoms with Crippen LogP contribution in [0.25, 0.3) is 0 Å². The van der Waals surface area contributed by atoms with Crippen molar-refractivity contribution in [2.45, 2.75) is 38.6 Å². The molecule has 0 aromatic carbocycles. The Bertz CT molecular complexity index is 612. The minimum atomic E-state index is -0.530. The molecule has 1 fully saturated rings. The smallest absolute Gasteiger partial charge is 0.414 e. The first-order valence-corrected chi connectivity index (χ1v) is 8.95. The molecule has 1 N–H and O–H groups in total. The van der Waals surface area contributed by atoms with Crippen LogP contribution in [0.4, 0.5) is 5.82 Å². The molecule has 3 rings (SSSR count). The number of rotatable bonds is 5. The van der Waals surface area contributed by atoms with Gasteiger partial charge in [0.05, 0.1) is 6.54 Å². The van der Waals surface area contributed by atoms with E-state index < -0.39 is 4.92 Å². The van der Waals surface area contributed by atoms with Crippen molar-refractivity contribution in [3.63, 3.8) is 0 Å². The molecule has 1 saturated carbocycles. The standard InChI is InChI=1S/C16H25N5O4/c22-15(17-10-13-4-2-1-3-5-13)12-19-6-7-20-11-14(21(23)24)18-16(20)25-9-8-19/h11,13H,1-10,12H2,(H,17,22). The molecule has 0 spiro atoms. The Morgan fingerprint density at radius 3 is 2.88 bits per heavy atom. The van der Waals surface area contributed by atoms with Crippen molar-refractivity contribution in [3.8, 4) is 6.01 Å². The first-order chi connectivity index (χ1) is 12.1. The molecule has 1 aliphatic heterocycles. The summed E-state index contributed by atoms with van der Waals surface area (Å²) in [5, 5.41) is 13.9. The monoisotopic (exact) mass is 351 g/mol. The number of hydrogen-bond acceptors (Lipinski definition) is 6. The highest BCUT2D eigenvalue weighted by atomic mass is 16.6. The Kier molecular flexibility index (Phi) is 5.85. The van der Waals surface area contributed by atoms with Gasteiger partial charge < -0.3 is 20.2 Å². The number of aromatic nitrogens is 2. The maximum absolute atomic E-state index is 12.2. The number of carbonyl (C=O) groups is 1. The Hall–Kier alpha value is -2.16. The van der Waals surface area contributed by atoms with Gasteiger partial charge in [-0.2, -0.15) is 0 Å². The molecule has 2 aliphatic rings. The largest absolute Gasteiger partial charge is 0.444 e. The van der Waals surface area contributed by atoms with Crippen LogP contribution >= 0.6 is 0 Å². The molecule has 0 bridgehead atoms. The molecule has 0 atom stereocenters. The number of amides is 1. The molecule has 9 heteroatoms. The van der Waals surface area contributed by atoms with Gasteiger partial charge in [0, 0.05) is 31.2 Å². The van der Waals surface area contributed by atoms with Gasteiger partial charge >= 0.3 is 11.8 Å².